The fraction of sp³-hybridized carbons (Fsp3) is 0.267. The Hall–Kier alpha value is -0.680. The third-order valence-electron chi connectivity index (χ3n) is 3.26. The van der Waals surface area contributed by atoms with Crippen molar-refractivity contribution >= 4 is 44.7 Å². The summed E-state index contributed by atoms with van der Waals surface area (Å²) >= 11 is 10.9. The fourth-order valence-corrected chi connectivity index (χ4v) is 3.67. The predicted molar refractivity (Wildman–Crippen MR) is 88.8 cm³/mol. The molecule has 1 heterocycles. The summed E-state index contributed by atoms with van der Waals surface area (Å²) in [6.45, 7) is 2.45. The first-order chi connectivity index (χ1) is 9.49. The molecular weight excluding hydrogens is 358 g/mol. The largest absolute Gasteiger partial charge is 0.292 e. The van der Waals surface area contributed by atoms with Crippen molar-refractivity contribution in [2.24, 2.45) is 0 Å². The van der Waals surface area contributed by atoms with Crippen LogP contribution in [0.4, 0.5) is 0 Å². The lowest BCUT2D eigenvalue weighted by Gasteiger charge is -2.24. The second-order valence-electron chi connectivity index (χ2n) is 4.67. The predicted octanol–water partition coefficient (Wildman–Crippen LogP) is 5.04. The van der Waals surface area contributed by atoms with E-state index in [1.54, 1.807) is 0 Å². The number of thiophene rings is 1. The van der Waals surface area contributed by atoms with Crippen molar-refractivity contribution in [2.45, 2.75) is 13.0 Å². The van der Waals surface area contributed by atoms with Gasteiger partial charge in [-0.3, -0.25) is 9.69 Å². The summed E-state index contributed by atoms with van der Waals surface area (Å²) in [5.41, 5.74) is 1.11. The number of ketones is 1. The first-order valence-electron chi connectivity index (χ1n) is 6.21. The number of likely N-dealkylation sites (N-methyl/N-ethyl adjacent to an activating group) is 1. The molecule has 0 saturated carbocycles. The van der Waals surface area contributed by atoms with E-state index in [9.17, 15) is 4.79 Å². The minimum atomic E-state index is 0.128. The summed E-state index contributed by atoms with van der Waals surface area (Å²) in [5, 5.41) is 2.63. The van der Waals surface area contributed by atoms with Crippen molar-refractivity contribution in [2.75, 3.05) is 13.6 Å². The van der Waals surface area contributed by atoms with Crippen molar-refractivity contribution in [3.63, 3.8) is 0 Å². The van der Waals surface area contributed by atoms with Crippen LogP contribution >= 0.6 is 38.9 Å². The molecule has 0 fully saturated rings. The summed E-state index contributed by atoms with van der Waals surface area (Å²) in [4.78, 5) is 15.1. The van der Waals surface area contributed by atoms with Gasteiger partial charge in [0, 0.05) is 15.5 Å². The number of carbonyl (C=O) groups is 1. The molecule has 0 aliphatic carbocycles. The van der Waals surface area contributed by atoms with Gasteiger partial charge in [0.05, 0.1) is 11.4 Å². The average Bonchev–Trinajstić information content (AvgIpc) is 2.84. The lowest BCUT2D eigenvalue weighted by molar-refractivity contribution is 0.0928. The molecule has 1 atom stereocenters. The van der Waals surface area contributed by atoms with Gasteiger partial charge in [-0.15, -0.1) is 11.3 Å². The van der Waals surface area contributed by atoms with Crippen molar-refractivity contribution in [3.05, 3.63) is 55.6 Å². The standard InChI is InChI=1S/C15H15BrClNOS/c1-10(11-4-3-5-12(17)8-11)18(2)9-14(19)15-13(16)6-7-20-15/h3-8,10H,9H2,1-2H3. The quantitative estimate of drug-likeness (QED) is 0.685. The van der Waals surface area contributed by atoms with E-state index in [4.69, 9.17) is 11.6 Å². The molecule has 0 amide bonds. The van der Waals surface area contributed by atoms with Gasteiger partial charge >= 0.3 is 0 Å². The highest BCUT2D eigenvalue weighted by molar-refractivity contribution is 9.10. The number of Topliss-reactive ketones (excluding diaryl/α,β-unsaturated/α-hetero) is 1. The highest BCUT2D eigenvalue weighted by Gasteiger charge is 2.18. The van der Waals surface area contributed by atoms with E-state index < -0.39 is 0 Å². The molecule has 0 aliphatic rings. The molecule has 5 heteroatoms. The van der Waals surface area contributed by atoms with Gasteiger partial charge in [-0.2, -0.15) is 0 Å². The molecule has 1 aromatic heterocycles. The molecule has 0 radical (unpaired) electrons. The summed E-state index contributed by atoms with van der Waals surface area (Å²) < 4.78 is 0.872. The van der Waals surface area contributed by atoms with Crippen molar-refractivity contribution in [3.8, 4) is 0 Å². The number of carbonyl (C=O) groups excluding carboxylic acids is 1. The molecule has 20 heavy (non-hydrogen) atoms. The monoisotopic (exact) mass is 371 g/mol. The van der Waals surface area contributed by atoms with Crippen molar-refractivity contribution < 1.29 is 4.79 Å². The molecule has 0 aliphatic heterocycles. The lowest BCUT2D eigenvalue weighted by atomic mass is 10.1. The SMILES string of the molecule is CC(c1cccc(Cl)c1)N(C)CC(=O)c1sccc1Br. The Morgan fingerprint density at radius 1 is 1.45 bits per heavy atom. The number of hydrogen-bond donors (Lipinski definition) is 0. The highest BCUT2D eigenvalue weighted by Crippen LogP contribution is 2.25. The third kappa shape index (κ3) is 3.70. The Balaban J connectivity index is 2.06. The summed E-state index contributed by atoms with van der Waals surface area (Å²) in [7, 11) is 1.95. The second kappa shape index (κ2) is 6.85. The molecule has 2 aromatic rings. The average molecular weight is 373 g/mol. The van der Waals surface area contributed by atoms with E-state index in [1.165, 1.54) is 11.3 Å². The zero-order chi connectivity index (χ0) is 14.7. The molecule has 2 nitrogen and oxygen atoms in total. The van der Waals surface area contributed by atoms with Gasteiger partial charge in [-0.1, -0.05) is 23.7 Å². The van der Waals surface area contributed by atoms with Crippen LogP contribution in [0.2, 0.25) is 5.02 Å². The van der Waals surface area contributed by atoms with E-state index in [2.05, 4.69) is 22.9 Å². The van der Waals surface area contributed by atoms with Gasteiger partial charge in [0.15, 0.2) is 5.78 Å². The first kappa shape index (κ1) is 15.7. The summed E-state index contributed by atoms with van der Waals surface area (Å²) in [5.74, 6) is 0.128. The van der Waals surface area contributed by atoms with Crippen molar-refractivity contribution in [1.82, 2.24) is 4.90 Å². The molecule has 0 saturated heterocycles. The van der Waals surface area contributed by atoms with Gasteiger partial charge in [0.25, 0.3) is 0 Å². The smallest absolute Gasteiger partial charge is 0.187 e. The van der Waals surface area contributed by atoms with Gasteiger partial charge in [-0.25, -0.2) is 0 Å². The van der Waals surface area contributed by atoms with Gasteiger partial charge in [-0.05, 0) is 59.0 Å². The second-order valence-corrected chi connectivity index (χ2v) is 6.87. The minimum absolute atomic E-state index is 0.128. The summed E-state index contributed by atoms with van der Waals surface area (Å²) in [6.07, 6.45) is 0. The van der Waals surface area contributed by atoms with Gasteiger partial charge < -0.3 is 0 Å². The molecule has 1 aromatic carbocycles. The summed E-state index contributed by atoms with van der Waals surface area (Å²) in [6, 6.07) is 9.78. The van der Waals surface area contributed by atoms with Crippen LogP contribution in [0.15, 0.2) is 40.2 Å². The van der Waals surface area contributed by atoms with Crippen molar-refractivity contribution in [1.29, 1.82) is 0 Å². The van der Waals surface area contributed by atoms with Crippen LogP contribution in [0.1, 0.15) is 28.2 Å². The number of nitrogens with zero attached hydrogens (tertiary/aromatic N) is 1. The van der Waals surface area contributed by atoms with Crippen LogP contribution in [-0.2, 0) is 0 Å². The molecule has 0 spiro atoms. The molecule has 106 valence electrons. The van der Waals surface area contributed by atoms with Crippen LogP contribution in [0.25, 0.3) is 0 Å². The maximum Gasteiger partial charge on any atom is 0.187 e. The minimum Gasteiger partial charge on any atom is -0.292 e. The van der Waals surface area contributed by atoms with E-state index in [0.29, 0.717) is 6.54 Å². The molecular formula is C15H15BrClNOS. The number of benzene rings is 1. The Bertz CT molecular complexity index is 613. The molecule has 1 unspecified atom stereocenters. The Morgan fingerprint density at radius 3 is 2.80 bits per heavy atom. The zero-order valence-electron chi connectivity index (χ0n) is 11.3. The van der Waals surface area contributed by atoms with Crippen LogP contribution in [0, 0.1) is 0 Å². The third-order valence-corrected chi connectivity index (χ3v) is 5.37. The zero-order valence-corrected chi connectivity index (χ0v) is 14.4. The van der Waals surface area contributed by atoms with Crippen LogP contribution < -0.4 is 0 Å². The Kier molecular flexibility index (Phi) is 5.38. The first-order valence-corrected chi connectivity index (χ1v) is 8.26. The van der Waals surface area contributed by atoms with Crippen LogP contribution in [0.3, 0.4) is 0 Å². The van der Waals surface area contributed by atoms with Gasteiger partial charge in [0.2, 0.25) is 0 Å². The maximum atomic E-state index is 12.3. The Morgan fingerprint density at radius 2 is 2.20 bits per heavy atom. The molecule has 0 bridgehead atoms. The fourth-order valence-electron chi connectivity index (χ4n) is 1.95. The Labute approximate surface area is 136 Å². The van der Waals surface area contributed by atoms with Gasteiger partial charge in [0.1, 0.15) is 0 Å². The number of rotatable bonds is 5. The van der Waals surface area contributed by atoms with E-state index in [0.717, 1.165) is 19.9 Å². The number of hydrogen-bond acceptors (Lipinski definition) is 3. The molecule has 2 rings (SSSR count). The van der Waals surface area contributed by atoms with E-state index >= 15 is 0 Å². The lowest BCUT2D eigenvalue weighted by Crippen LogP contribution is -2.28. The maximum absolute atomic E-state index is 12.3. The normalized spacial score (nSPS) is 12.7. The molecule has 0 N–H and O–H groups in total. The van der Waals surface area contributed by atoms with E-state index in [1.807, 2.05) is 47.7 Å². The highest BCUT2D eigenvalue weighted by atomic mass is 79.9. The van der Waals surface area contributed by atoms with E-state index in [-0.39, 0.29) is 11.8 Å². The van der Waals surface area contributed by atoms with Crippen LogP contribution in [0.5, 0.6) is 0 Å². The number of halogens is 2. The topological polar surface area (TPSA) is 20.3 Å². The van der Waals surface area contributed by atoms with Crippen LogP contribution in [-0.4, -0.2) is 24.3 Å².